The summed E-state index contributed by atoms with van der Waals surface area (Å²) in [6.07, 6.45) is 0. The summed E-state index contributed by atoms with van der Waals surface area (Å²) < 4.78 is 0. The molecule has 2 nitrogen and oxygen atoms in total. The Morgan fingerprint density at radius 2 is 1.50 bits per heavy atom. The summed E-state index contributed by atoms with van der Waals surface area (Å²) in [5.74, 6) is 0.549. The first-order chi connectivity index (χ1) is 7.63. The number of rotatable bonds is 1. The Morgan fingerprint density at radius 3 is 2.19 bits per heavy atom. The van der Waals surface area contributed by atoms with Crippen molar-refractivity contribution in [3.8, 4) is 0 Å². The molecule has 1 aromatic carbocycles. The van der Waals surface area contributed by atoms with Crippen LogP contribution in [0.4, 0.5) is 0 Å². The van der Waals surface area contributed by atoms with Crippen LogP contribution in [0.3, 0.4) is 0 Å². The summed E-state index contributed by atoms with van der Waals surface area (Å²) >= 11 is 0. The van der Waals surface area contributed by atoms with Crippen LogP contribution in [0.5, 0.6) is 0 Å². The van der Waals surface area contributed by atoms with Crippen LogP contribution in [-0.4, -0.2) is 9.97 Å². The van der Waals surface area contributed by atoms with E-state index in [1.165, 1.54) is 33.2 Å². The smallest absolute Gasteiger partial charge is 0.0463 e. The van der Waals surface area contributed by atoms with E-state index >= 15 is 0 Å². The first kappa shape index (κ1) is 9.52. The topological polar surface area (TPSA) is 31.6 Å². The van der Waals surface area contributed by atoms with Crippen LogP contribution in [0.1, 0.15) is 31.2 Å². The second kappa shape index (κ2) is 3.14. The third kappa shape index (κ3) is 1.33. The summed E-state index contributed by atoms with van der Waals surface area (Å²) in [6.45, 7) is 6.51. The minimum atomic E-state index is 0.549. The Morgan fingerprint density at radius 1 is 0.875 bits per heavy atom. The quantitative estimate of drug-likeness (QED) is 0.609. The van der Waals surface area contributed by atoms with Gasteiger partial charge in [0.15, 0.2) is 0 Å². The van der Waals surface area contributed by atoms with Crippen molar-refractivity contribution in [2.45, 2.75) is 26.7 Å². The third-order valence-electron chi connectivity index (χ3n) is 3.14. The number of aryl methyl sites for hydroxylation is 1. The predicted octanol–water partition coefficient (Wildman–Crippen LogP) is 4.08. The second-order valence-corrected chi connectivity index (χ2v) is 4.86. The number of hydrogen-bond acceptors (Lipinski definition) is 0. The lowest BCUT2D eigenvalue weighted by Gasteiger charge is -1.97. The number of aromatic nitrogens is 2. The molecule has 0 spiro atoms. The summed E-state index contributed by atoms with van der Waals surface area (Å²) in [6, 6.07) is 8.88. The Kier molecular flexibility index (Phi) is 1.87. The van der Waals surface area contributed by atoms with Crippen molar-refractivity contribution in [1.29, 1.82) is 0 Å². The first-order valence-electron chi connectivity index (χ1n) is 5.75. The minimum Gasteiger partial charge on any atom is -0.359 e. The fourth-order valence-corrected chi connectivity index (χ4v) is 2.24. The van der Waals surface area contributed by atoms with Crippen LogP contribution < -0.4 is 0 Å². The maximum Gasteiger partial charge on any atom is 0.0463 e. The number of nitrogens with one attached hydrogen (secondary N) is 2. The van der Waals surface area contributed by atoms with Crippen LogP contribution >= 0.6 is 0 Å². The van der Waals surface area contributed by atoms with Gasteiger partial charge in [-0.15, -0.1) is 0 Å². The monoisotopic (exact) mass is 212 g/mol. The van der Waals surface area contributed by atoms with Crippen LogP contribution in [0.25, 0.3) is 21.8 Å². The molecule has 2 N–H and O–H groups in total. The lowest BCUT2D eigenvalue weighted by atomic mass is 10.1. The molecule has 3 rings (SSSR count). The molecule has 0 aliphatic carbocycles. The van der Waals surface area contributed by atoms with E-state index in [2.05, 4.69) is 55.0 Å². The van der Waals surface area contributed by atoms with Gasteiger partial charge < -0.3 is 9.97 Å². The SMILES string of the molecule is Cc1cc2cc3[nH]c(C(C)C)cc3cc2[nH]1. The molecule has 0 atom stereocenters. The van der Waals surface area contributed by atoms with Gasteiger partial charge >= 0.3 is 0 Å². The average molecular weight is 212 g/mol. The van der Waals surface area contributed by atoms with E-state index in [1.807, 2.05) is 0 Å². The van der Waals surface area contributed by atoms with Crippen molar-refractivity contribution in [1.82, 2.24) is 9.97 Å². The zero-order valence-corrected chi connectivity index (χ0v) is 9.89. The third-order valence-corrected chi connectivity index (χ3v) is 3.14. The molecule has 0 radical (unpaired) electrons. The molecular weight excluding hydrogens is 196 g/mol. The molecule has 0 unspecified atom stereocenters. The molecular formula is C14H16N2. The van der Waals surface area contributed by atoms with Crippen molar-refractivity contribution in [3.05, 3.63) is 35.7 Å². The normalized spacial score (nSPS) is 12.0. The number of fused-ring (bicyclic) bond motifs is 2. The zero-order chi connectivity index (χ0) is 11.3. The van der Waals surface area contributed by atoms with Crippen LogP contribution in [-0.2, 0) is 0 Å². The Bertz CT molecular complexity index is 605. The number of H-pyrrole nitrogens is 2. The molecule has 0 aliphatic rings. The molecule has 3 aromatic rings. The molecule has 0 fully saturated rings. The van der Waals surface area contributed by atoms with Crippen molar-refractivity contribution in [2.24, 2.45) is 0 Å². The lowest BCUT2D eigenvalue weighted by Crippen LogP contribution is -1.84. The molecule has 0 bridgehead atoms. The highest BCUT2D eigenvalue weighted by Gasteiger charge is 2.06. The Labute approximate surface area is 94.7 Å². The number of hydrogen-bond donors (Lipinski definition) is 2. The van der Waals surface area contributed by atoms with E-state index in [0.717, 1.165) is 0 Å². The van der Waals surface area contributed by atoms with Gasteiger partial charge in [-0.3, -0.25) is 0 Å². The van der Waals surface area contributed by atoms with Gasteiger partial charge in [-0.2, -0.15) is 0 Å². The fraction of sp³-hybridized carbons (Fsp3) is 0.286. The van der Waals surface area contributed by atoms with Gasteiger partial charge in [0.25, 0.3) is 0 Å². The summed E-state index contributed by atoms with van der Waals surface area (Å²) in [5.41, 5.74) is 4.97. The molecule has 82 valence electrons. The summed E-state index contributed by atoms with van der Waals surface area (Å²) in [7, 11) is 0. The van der Waals surface area contributed by atoms with E-state index in [1.54, 1.807) is 0 Å². The van der Waals surface area contributed by atoms with E-state index in [9.17, 15) is 0 Å². The summed E-state index contributed by atoms with van der Waals surface area (Å²) in [5, 5.41) is 2.57. The largest absolute Gasteiger partial charge is 0.359 e. The summed E-state index contributed by atoms with van der Waals surface area (Å²) in [4.78, 5) is 6.86. The van der Waals surface area contributed by atoms with Gasteiger partial charge in [-0.05, 0) is 37.1 Å². The molecule has 0 amide bonds. The predicted molar refractivity (Wildman–Crippen MR) is 69.0 cm³/mol. The maximum absolute atomic E-state index is 3.48. The van der Waals surface area contributed by atoms with Crippen LogP contribution in [0, 0.1) is 6.92 Å². The minimum absolute atomic E-state index is 0.549. The second-order valence-electron chi connectivity index (χ2n) is 4.86. The highest BCUT2D eigenvalue weighted by Crippen LogP contribution is 2.26. The van der Waals surface area contributed by atoms with E-state index in [4.69, 9.17) is 0 Å². The fourth-order valence-electron chi connectivity index (χ4n) is 2.24. The van der Waals surface area contributed by atoms with Crippen LogP contribution in [0.15, 0.2) is 24.3 Å². The maximum atomic E-state index is 3.48. The van der Waals surface area contributed by atoms with E-state index in [0.29, 0.717) is 5.92 Å². The van der Waals surface area contributed by atoms with Crippen molar-refractivity contribution < 1.29 is 0 Å². The van der Waals surface area contributed by atoms with E-state index < -0.39 is 0 Å². The average Bonchev–Trinajstić information content (AvgIpc) is 2.74. The molecule has 2 heterocycles. The molecule has 0 aliphatic heterocycles. The molecule has 16 heavy (non-hydrogen) atoms. The molecule has 0 saturated carbocycles. The van der Waals surface area contributed by atoms with Gasteiger partial charge in [-0.25, -0.2) is 0 Å². The van der Waals surface area contributed by atoms with Crippen LogP contribution in [0.2, 0.25) is 0 Å². The highest BCUT2D eigenvalue weighted by molar-refractivity contribution is 5.96. The lowest BCUT2D eigenvalue weighted by molar-refractivity contribution is 0.836. The molecule has 2 heteroatoms. The van der Waals surface area contributed by atoms with Gasteiger partial charge in [0.1, 0.15) is 0 Å². The van der Waals surface area contributed by atoms with Gasteiger partial charge in [0.2, 0.25) is 0 Å². The van der Waals surface area contributed by atoms with E-state index in [-0.39, 0.29) is 0 Å². The Balaban J connectivity index is 2.31. The molecule has 0 saturated heterocycles. The zero-order valence-electron chi connectivity index (χ0n) is 9.89. The number of aromatic amines is 2. The number of benzene rings is 1. The first-order valence-corrected chi connectivity index (χ1v) is 5.75. The van der Waals surface area contributed by atoms with Crippen molar-refractivity contribution in [2.75, 3.05) is 0 Å². The van der Waals surface area contributed by atoms with Gasteiger partial charge in [-0.1, -0.05) is 13.8 Å². The standard InChI is InChI=1S/C14H16N2/c1-8(2)12-5-11-7-13-10(4-9(3)15-13)6-14(11)16-12/h4-8,15-16H,1-3H3. The van der Waals surface area contributed by atoms with Crippen molar-refractivity contribution in [3.63, 3.8) is 0 Å². The van der Waals surface area contributed by atoms with Crippen molar-refractivity contribution >= 4 is 21.8 Å². The van der Waals surface area contributed by atoms with Gasteiger partial charge in [0.05, 0.1) is 0 Å². The van der Waals surface area contributed by atoms with Gasteiger partial charge in [0, 0.05) is 33.2 Å². The Hall–Kier alpha value is -1.70. The molecule has 2 aromatic heterocycles. The highest BCUT2D eigenvalue weighted by atomic mass is 14.7.